The number of hydrogen-bond acceptors (Lipinski definition) is 4. The maximum atomic E-state index is 11.2. The van der Waals surface area contributed by atoms with Gasteiger partial charge in [0.2, 0.25) is 0 Å². The molecule has 104 valence electrons. The van der Waals surface area contributed by atoms with Gasteiger partial charge in [-0.15, -0.1) is 0 Å². The lowest BCUT2D eigenvalue weighted by atomic mass is 10.2. The van der Waals surface area contributed by atoms with Crippen molar-refractivity contribution in [1.82, 2.24) is 4.98 Å². The summed E-state index contributed by atoms with van der Waals surface area (Å²) in [6.45, 7) is 1.82. The molecule has 1 aromatic heterocycles. The number of carboxylic acid groups (broad SMARTS) is 1. The highest BCUT2D eigenvalue weighted by atomic mass is 35.5. The molecule has 0 spiro atoms. The number of hydrogen-bond donors (Lipinski definition) is 3. The van der Waals surface area contributed by atoms with Gasteiger partial charge in [0.15, 0.2) is 0 Å². The second-order valence-electron chi connectivity index (χ2n) is 4.18. The van der Waals surface area contributed by atoms with E-state index in [1.54, 1.807) is 12.1 Å². The van der Waals surface area contributed by atoms with Gasteiger partial charge in [-0.25, -0.2) is 9.78 Å². The number of aromatic carboxylic acids is 1. The fraction of sp³-hybridized carbons (Fsp3) is 0.0769. The Morgan fingerprint density at radius 2 is 2.00 bits per heavy atom. The highest BCUT2D eigenvalue weighted by Gasteiger charge is 2.14. The number of carbonyl (C=O) groups is 1. The standard InChI is InChI=1S/C13H11Cl2N3O2/c1-6-2-10(15)11(4-9(6)14)18-12-8(13(19)20)3-7(16)5-17-12/h2-5H,16H2,1H3,(H,17,18)(H,19,20). The molecule has 0 unspecified atom stereocenters. The molecule has 0 bridgehead atoms. The molecule has 2 aromatic rings. The van der Waals surface area contributed by atoms with Crippen molar-refractivity contribution in [1.29, 1.82) is 0 Å². The van der Waals surface area contributed by atoms with Gasteiger partial charge in [-0.2, -0.15) is 0 Å². The van der Waals surface area contributed by atoms with Crippen LogP contribution in [0.25, 0.3) is 0 Å². The van der Waals surface area contributed by atoms with Crippen LogP contribution in [-0.2, 0) is 0 Å². The van der Waals surface area contributed by atoms with Crippen molar-refractivity contribution in [2.75, 3.05) is 11.1 Å². The molecule has 7 heteroatoms. The molecule has 4 N–H and O–H groups in total. The predicted molar refractivity (Wildman–Crippen MR) is 80.1 cm³/mol. The average Bonchev–Trinajstić information content (AvgIpc) is 2.37. The van der Waals surface area contributed by atoms with Crippen molar-refractivity contribution < 1.29 is 9.90 Å². The number of pyridine rings is 1. The van der Waals surface area contributed by atoms with Crippen LogP contribution in [0, 0.1) is 6.92 Å². The van der Waals surface area contributed by atoms with Crippen molar-refractivity contribution in [2.45, 2.75) is 6.92 Å². The molecule has 5 nitrogen and oxygen atoms in total. The number of rotatable bonds is 3. The van der Waals surface area contributed by atoms with Crippen molar-refractivity contribution in [3.05, 3.63) is 45.6 Å². The van der Waals surface area contributed by atoms with Gasteiger partial charge in [-0.05, 0) is 30.7 Å². The molecule has 1 heterocycles. The van der Waals surface area contributed by atoms with E-state index in [-0.39, 0.29) is 17.1 Å². The summed E-state index contributed by atoms with van der Waals surface area (Å²) in [6, 6.07) is 4.62. The molecule has 1 aromatic carbocycles. The SMILES string of the molecule is Cc1cc(Cl)c(Nc2ncc(N)cc2C(=O)O)cc1Cl. The molecule has 0 amide bonds. The second kappa shape index (κ2) is 5.56. The number of nitrogens with one attached hydrogen (secondary N) is 1. The molecule has 20 heavy (non-hydrogen) atoms. The van der Waals surface area contributed by atoms with Gasteiger partial charge in [0.05, 0.1) is 22.6 Å². The van der Waals surface area contributed by atoms with E-state index in [4.69, 9.17) is 34.0 Å². The molecule has 0 radical (unpaired) electrons. The Hall–Kier alpha value is -1.98. The Labute approximate surface area is 125 Å². The summed E-state index contributed by atoms with van der Waals surface area (Å²) in [5, 5.41) is 12.9. The summed E-state index contributed by atoms with van der Waals surface area (Å²) in [5.74, 6) is -0.991. The summed E-state index contributed by atoms with van der Waals surface area (Å²) in [7, 11) is 0. The predicted octanol–water partition coefficient (Wildman–Crippen LogP) is 3.72. The normalized spacial score (nSPS) is 10.3. The maximum Gasteiger partial charge on any atom is 0.339 e. The van der Waals surface area contributed by atoms with Gasteiger partial charge in [-0.3, -0.25) is 0 Å². The topological polar surface area (TPSA) is 88.2 Å². The molecule has 0 saturated heterocycles. The minimum atomic E-state index is -1.14. The van der Waals surface area contributed by atoms with E-state index in [0.717, 1.165) is 5.56 Å². The average molecular weight is 312 g/mol. The number of nitrogen functional groups attached to an aromatic ring is 1. The molecular formula is C13H11Cl2N3O2. The number of halogens is 2. The van der Waals surface area contributed by atoms with Crippen LogP contribution in [0.4, 0.5) is 17.2 Å². The van der Waals surface area contributed by atoms with Crippen molar-refractivity contribution in [3.8, 4) is 0 Å². The van der Waals surface area contributed by atoms with E-state index in [9.17, 15) is 4.79 Å². The van der Waals surface area contributed by atoms with Crippen LogP contribution in [0.15, 0.2) is 24.4 Å². The third-order valence-electron chi connectivity index (χ3n) is 2.64. The first-order valence-corrected chi connectivity index (χ1v) is 6.35. The van der Waals surface area contributed by atoms with E-state index in [1.165, 1.54) is 12.3 Å². The van der Waals surface area contributed by atoms with Gasteiger partial charge in [0.1, 0.15) is 11.4 Å². The van der Waals surface area contributed by atoms with Crippen molar-refractivity contribution in [3.63, 3.8) is 0 Å². The lowest BCUT2D eigenvalue weighted by Gasteiger charge is -2.12. The smallest absolute Gasteiger partial charge is 0.339 e. The lowest BCUT2D eigenvalue weighted by Crippen LogP contribution is -2.06. The van der Waals surface area contributed by atoms with Crippen LogP contribution < -0.4 is 11.1 Å². The third kappa shape index (κ3) is 2.95. The monoisotopic (exact) mass is 311 g/mol. The maximum absolute atomic E-state index is 11.2. The molecule has 0 saturated carbocycles. The van der Waals surface area contributed by atoms with Crippen LogP contribution in [0.2, 0.25) is 10.0 Å². The van der Waals surface area contributed by atoms with Gasteiger partial charge >= 0.3 is 5.97 Å². The molecule has 0 atom stereocenters. The van der Waals surface area contributed by atoms with E-state index in [0.29, 0.717) is 15.7 Å². The Kier molecular flexibility index (Phi) is 4.01. The number of aryl methyl sites for hydroxylation is 1. The Balaban J connectivity index is 2.45. The summed E-state index contributed by atoms with van der Waals surface area (Å²) in [4.78, 5) is 15.1. The number of nitrogens with zero attached hydrogens (tertiary/aromatic N) is 1. The van der Waals surface area contributed by atoms with Gasteiger partial charge in [-0.1, -0.05) is 23.2 Å². The summed E-state index contributed by atoms with van der Waals surface area (Å²) >= 11 is 12.1. The van der Waals surface area contributed by atoms with Crippen LogP contribution >= 0.6 is 23.2 Å². The first-order valence-electron chi connectivity index (χ1n) is 5.60. The summed E-state index contributed by atoms with van der Waals surface area (Å²) in [5.41, 5.74) is 7.05. The molecule has 0 fully saturated rings. The number of aromatic nitrogens is 1. The fourth-order valence-corrected chi connectivity index (χ4v) is 2.04. The zero-order chi connectivity index (χ0) is 14.9. The minimum absolute atomic E-state index is 0.0437. The first kappa shape index (κ1) is 14.4. The van der Waals surface area contributed by atoms with E-state index in [1.807, 2.05) is 6.92 Å². The van der Waals surface area contributed by atoms with Crippen LogP contribution in [0.1, 0.15) is 15.9 Å². The molecular weight excluding hydrogens is 301 g/mol. The first-order chi connectivity index (χ1) is 9.38. The summed E-state index contributed by atoms with van der Waals surface area (Å²) < 4.78 is 0. The zero-order valence-corrected chi connectivity index (χ0v) is 12.0. The number of carboxylic acids is 1. The van der Waals surface area contributed by atoms with Crippen LogP contribution in [0.3, 0.4) is 0 Å². The fourth-order valence-electron chi connectivity index (χ4n) is 1.61. The van der Waals surface area contributed by atoms with E-state index < -0.39 is 5.97 Å². The minimum Gasteiger partial charge on any atom is -0.478 e. The molecule has 0 aliphatic rings. The van der Waals surface area contributed by atoms with E-state index in [2.05, 4.69) is 10.3 Å². The second-order valence-corrected chi connectivity index (χ2v) is 4.99. The molecule has 0 aliphatic carbocycles. The lowest BCUT2D eigenvalue weighted by molar-refractivity contribution is 0.0697. The number of benzene rings is 1. The molecule has 0 aliphatic heterocycles. The number of nitrogens with two attached hydrogens (primary N) is 1. The van der Waals surface area contributed by atoms with Gasteiger partial charge < -0.3 is 16.2 Å². The summed E-state index contributed by atoms with van der Waals surface area (Å²) in [6.07, 6.45) is 1.36. The van der Waals surface area contributed by atoms with Crippen LogP contribution in [-0.4, -0.2) is 16.1 Å². The van der Waals surface area contributed by atoms with Gasteiger partial charge in [0.25, 0.3) is 0 Å². The van der Waals surface area contributed by atoms with Crippen LogP contribution in [0.5, 0.6) is 0 Å². The Morgan fingerprint density at radius 3 is 2.65 bits per heavy atom. The zero-order valence-electron chi connectivity index (χ0n) is 10.4. The Bertz CT molecular complexity index is 690. The quantitative estimate of drug-likeness (QED) is 0.804. The molecule has 2 rings (SSSR count). The third-order valence-corrected chi connectivity index (χ3v) is 3.36. The number of anilines is 3. The largest absolute Gasteiger partial charge is 0.478 e. The highest BCUT2D eigenvalue weighted by molar-refractivity contribution is 6.35. The van der Waals surface area contributed by atoms with Crippen molar-refractivity contribution >= 4 is 46.4 Å². The Morgan fingerprint density at radius 1 is 1.30 bits per heavy atom. The van der Waals surface area contributed by atoms with Crippen molar-refractivity contribution in [2.24, 2.45) is 0 Å². The van der Waals surface area contributed by atoms with Gasteiger partial charge in [0, 0.05) is 5.02 Å². The highest BCUT2D eigenvalue weighted by Crippen LogP contribution is 2.31. The van der Waals surface area contributed by atoms with E-state index >= 15 is 0 Å².